The van der Waals surface area contributed by atoms with Gasteiger partial charge in [-0.05, 0) is 68.5 Å². The molecule has 1 saturated heterocycles. The molecule has 7 nitrogen and oxygen atoms in total. The fraction of sp³-hybridized carbons (Fsp3) is 0.632. The molecule has 2 amide bonds. The van der Waals surface area contributed by atoms with Crippen LogP contribution in [0.5, 0.6) is 0 Å². The minimum Gasteiger partial charge on any atom is -0.444 e. The molecule has 2 aliphatic heterocycles. The molecule has 2 bridgehead atoms. The van der Waals surface area contributed by atoms with Crippen LogP contribution in [0.1, 0.15) is 56.9 Å². The van der Waals surface area contributed by atoms with E-state index < -0.39 is 5.60 Å². The number of aromatic nitrogens is 1. The topological polar surface area (TPSA) is 80.6 Å². The Morgan fingerprint density at radius 2 is 1.86 bits per heavy atom. The average Bonchev–Trinajstić information content (AvgIpc) is 2.96. The first kappa shape index (κ1) is 21.2. The van der Waals surface area contributed by atoms with Crippen LogP contribution in [0.3, 0.4) is 0 Å². The summed E-state index contributed by atoms with van der Waals surface area (Å²) in [6, 6.07) is 1.40. The van der Waals surface area contributed by atoms with Gasteiger partial charge in [-0.25, -0.2) is 4.79 Å². The third kappa shape index (κ3) is 4.38. The summed E-state index contributed by atoms with van der Waals surface area (Å²) >= 11 is 9.49. The van der Waals surface area contributed by atoms with E-state index in [4.69, 9.17) is 16.3 Å². The molecular weight excluding hydrogens is 450 g/mol. The van der Waals surface area contributed by atoms with Gasteiger partial charge in [0.1, 0.15) is 11.3 Å². The van der Waals surface area contributed by atoms with Gasteiger partial charge in [-0.15, -0.1) is 0 Å². The molecule has 2 atom stereocenters. The highest BCUT2D eigenvalue weighted by atomic mass is 79.9. The van der Waals surface area contributed by atoms with Gasteiger partial charge in [0.2, 0.25) is 0 Å². The smallest absolute Gasteiger partial charge is 0.410 e. The van der Waals surface area contributed by atoms with Crippen LogP contribution in [0.2, 0.25) is 5.02 Å². The zero-order valence-electron chi connectivity index (χ0n) is 16.3. The quantitative estimate of drug-likeness (QED) is 0.623. The number of ether oxygens (including phenoxy) is 1. The van der Waals surface area contributed by atoms with Crippen LogP contribution in [0.15, 0.2) is 15.3 Å². The van der Waals surface area contributed by atoms with E-state index in [2.05, 4.69) is 21.2 Å². The Morgan fingerprint density at radius 3 is 2.50 bits per heavy atom. The van der Waals surface area contributed by atoms with Crippen molar-refractivity contribution in [1.82, 2.24) is 14.8 Å². The molecular formula is C19H25BrClN3O4. The predicted octanol–water partition coefficient (Wildman–Crippen LogP) is 3.56. The van der Waals surface area contributed by atoms with Crippen LogP contribution in [0, 0.1) is 0 Å². The number of hydrogen-bond acceptors (Lipinski definition) is 4. The Balaban J connectivity index is 1.95. The number of carbonyl (C=O) groups is 2. The minimum absolute atomic E-state index is 0.000271. The van der Waals surface area contributed by atoms with Crippen molar-refractivity contribution in [3.8, 4) is 0 Å². The number of hydrogen-bond donors (Lipinski definition) is 1. The van der Waals surface area contributed by atoms with Crippen molar-refractivity contribution in [3.63, 3.8) is 0 Å². The lowest BCUT2D eigenvalue weighted by Gasteiger charge is -2.32. The molecule has 0 aliphatic carbocycles. The van der Waals surface area contributed by atoms with Crippen LogP contribution in [0.25, 0.3) is 0 Å². The first-order chi connectivity index (χ1) is 13.1. The Hall–Kier alpha value is -1.54. The zero-order chi connectivity index (χ0) is 20.6. The van der Waals surface area contributed by atoms with Gasteiger partial charge in [0, 0.05) is 25.2 Å². The number of amides is 2. The van der Waals surface area contributed by atoms with Gasteiger partial charge in [0.25, 0.3) is 11.5 Å². The van der Waals surface area contributed by atoms with E-state index in [0.29, 0.717) is 23.9 Å². The molecule has 1 aromatic rings. The average molecular weight is 475 g/mol. The molecule has 3 rings (SSSR count). The van der Waals surface area contributed by atoms with Crippen molar-refractivity contribution in [3.05, 3.63) is 31.6 Å². The van der Waals surface area contributed by atoms with Gasteiger partial charge in [-0.1, -0.05) is 11.6 Å². The van der Waals surface area contributed by atoms with Crippen LogP contribution < -0.4 is 10.9 Å². The molecule has 2 aliphatic rings. The highest BCUT2D eigenvalue weighted by Gasteiger charge is 2.39. The number of nitrogens with zero attached hydrogens (tertiary/aromatic N) is 2. The maximum absolute atomic E-state index is 12.8. The van der Waals surface area contributed by atoms with Crippen LogP contribution in [-0.4, -0.2) is 45.7 Å². The maximum Gasteiger partial charge on any atom is 0.410 e. The Morgan fingerprint density at radius 1 is 1.21 bits per heavy atom. The van der Waals surface area contributed by atoms with Gasteiger partial charge in [-0.2, -0.15) is 0 Å². The molecule has 0 radical (unpaired) electrons. The van der Waals surface area contributed by atoms with E-state index in [9.17, 15) is 14.4 Å². The molecule has 1 aromatic heterocycles. The number of fused-ring (bicyclic) bond motifs is 3. The molecule has 0 saturated carbocycles. The third-order valence-corrected chi connectivity index (χ3v) is 5.94. The van der Waals surface area contributed by atoms with Crippen molar-refractivity contribution in [2.24, 2.45) is 0 Å². The Labute approximate surface area is 177 Å². The number of halogens is 2. The van der Waals surface area contributed by atoms with Crippen LogP contribution in [-0.2, 0) is 11.3 Å². The summed E-state index contributed by atoms with van der Waals surface area (Å²) < 4.78 is 7.31. The summed E-state index contributed by atoms with van der Waals surface area (Å²) in [5.74, 6) is -0.379. The first-order valence-corrected chi connectivity index (χ1v) is 10.6. The largest absolute Gasteiger partial charge is 0.444 e. The normalized spacial score (nSPS) is 22.9. The predicted molar refractivity (Wildman–Crippen MR) is 110 cm³/mol. The number of pyridine rings is 1. The number of rotatable bonds is 0. The van der Waals surface area contributed by atoms with Gasteiger partial charge in [0.15, 0.2) is 0 Å². The molecule has 0 aromatic carbocycles. The number of nitrogens with one attached hydrogen (secondary N) is 1. The lowest BCUT2D eigenvalue weighted by Crippen LogP contribution is -2.45. The molecule has 28 heavy (non-hydrogen) atoms. The first-order valence-electron chi connectivity index (χ1n) is 9.47. The number of carbonyl (C=O) groups excluding carboxylic acids is 2. The van der Waals surface area contributed by atoms with Gasteiger partial charge >= 0.3 is 6.09 Å². The summed E-state index contributed by atoms with van der Waals surface area (Å²) in [4.78, 5) is 39.9. The van der Waals surface area contributed by atoms with Crippen molar-refractivity contribution in [2.45, 2.75) is 70.7 Å². The highest BCUT2D eigenvalue weighted by Crippen LogP contribution is 2.31. The highest BCUT2D eigenvalue weighted by molar-refractivity contribution is 9.10. The summed E-state index contributed by atoms with van der Waals surface area (Å²) in [6.07, 6.45) is 2.51. The van der Waals surface area contributed by atoms with E-state index in [1.165, 1.54) is 10.6 Å². The lowest BCUT2D eigenvalue weighted by molar-refractivity contribution is 0.0130. The zero-order valence-corrected chi connectivity index (χ0v) is 18.6. The SMILES string of the molecule is CC(C)(C)OC(=O)N1C2CCNC(=O)c3c(Cl)cc(Br)c(=O)n3CCC1CC2. The molecule has 154 valence electrons. The molecule has 2 unspecified atom stereocenters. The van der Waals surface area contributed by atoms with E-state index in [1.54, 1.807) is 4.90 Å². The second-order valence-corrected chi connectivity index (χ2v) is 9.51. The standard InChI is InChI=1S/C19H25BrClN3O4/c1-19(2,3)28-18(27)24-11-4-5-12(24)7-9-23-15(16(25)22-8-6-11)14(21)10-13(20)17(23)26/h10-12H,4-9H2,1-3H3,(H,22,25). The molecule has 1 fully saturated rings. The van der Waals surface area contributed by atoms with Crippen molar-refractivity contribution in [2.75, 3.05) is 6.54 Å². The summed E-state index contributed by atoms with van der Waals surface area (Å²) in [7, 11) is 0. The molecule has 0 spiro atoms. The monoisotopic (exact) mass is 473 g/mol. The minimum atomic E-state index is -0.584. The fourth-order valence-corrected chi connectivity index (χ4v) is 4.77. The molecule has 9 heteroatoms. The fourth-order valence-electron chi connectivity index (χ4n) is 3.90. The third-order valence-electron chi connectivity index (χ3n) is 5.09. The van der Waals surface area contributed by atoms with Crippen molar-refractivity contribution in [1.29, 1.82) is 0 Å². The summed E-state index contributed by atoms with van der Waals surface area (Å²) in [6.45, 7) is 6.20. The van der Waals surface area contributed by atoms with Gasteiger partial charge in [-0.3, -0.25) is 9.59 Å². The van der Waals surface area contributed by atoms with Gasteiger partial charge in [0.05, 0.1) is 9.50 Å². The van der Waals surface area contributed by atoms with Crippen LogP contribution in [0.4, 0.5) is 4.79 Å². The molecule has 3 heterocycles. The maximum atomic E-state index is 12.8. The van der Waals surface area contributed by atoms with E-state index in [0.717, 1.165) is 12.8 Å². The van der Waals surface area contributed by atoms with E-state index >= 15 is 0 Å². The lowest BCUT2D eigenvalue weighted by atomic mass is 10.1. The second-order valence-electron chi connectivity index (χ2n) is 8.25. The van der Waals surface area contributed by atoms with E-state index in [1.807, 2.05) is 20.8 Å². The van der Waals surface area contributed by atoms with Crippen LogP contribution >= 0.6 is 27.5 Å². The van der Waals surface area contributed by atoms with Crippen molar-refractivity contribution >= 4 is 39.5 Å². The van der Waals surface area contributed by atoms with E-state index in [-0.39, 0.29) is 46.9 Å². The summed E-state index contributed by atoms with van der Waals surface area (Å²) in [5.41, 5.74) is -0.734. The summed E-state index contributed by atoms with van der Waals surface area (Å²) in [5, 5.41) is 3.06. The Kier molecular flexibility index (Phi) is 6.10. The Bertz CT molecular complexity index is 849. The second kappa shape index (κ2) is 8.06. The van der Waals surface area contributed by atoms with Gasteiger partial charge < -0.3 is 19.5 Å². The molecule has 1 N–H and O–H groups in total. The van der Waals surface area contributed by atoms with Crippen molar-refractivity contribution < 1.29 is 14.3 Å².